The second-order valence-corrected chi connectivity index (χ2v) is 11.3. The molecule has 0 amide bonds. The first-order valence-electron chi connectivity index (χ1n) is 17.3. The summed E-state index contributed by atoms with van der Waals surface area (Å²) >= 11 is 0. The van der Waals surface area contributed by atoms with Crippen molar-refractivity contribution in [3.63, 3.8) is 0 Å². The molecule has 0 atom stereocenters. The van der Waals surface area contributed by atoms with Crippen LogP contribution in [0.15, 0.2) is 77.2 Å². The number of nitrogens with one attached hydrogen (secondary N) is 1. The lowest BCUT2D eigenvalue weighted by Crippen LogP contribution is -2.29. The first kappa shape index (κ1) is 38.5. The molecular formula is C39H55N6O4+. The molecule has 3 aromatic carbocycles. The molecule has 0 saturated heterocycles. The third-order valence-corrected chi connectivity index (χ3v) is 8.36. The van der Waals surface area contributed by atoms with E-state index in [2.05, 4.69) is 98.1 Å². The lowest BCUT2D eigenvalue weighted by Gasteiger charge is -2.21. The van der Waals surface area contributed by atoms with E-state index < -0.39 is 0 Å². The Morgan fingerprint density at radius 3 is 2.00 bits per heavy atom. The molecule has 5 N–H and O–H groups in total. The molecule has 1 aliphatic carbocycles. The maximum absolute atomic E-state index is 9.50. The minimum Gasteiger partial charge on any atom is -0.508 e. The highest BCUT2D eigenvalue weighted by Crippen LogP contribution is 2.30. The highest BCUT2D eigenvalue weighted by molar-refractivity contribution is 5.81. The molecule has 264 valence electrons. The van der Waals surface area contributed by atoms with Crippen LogP contribution >= 0.6 is 0 Å². The highest BCUT2D eigenvalue weighted by Gasteiger charge is 2.13. The minimum absolute atomic E-state index is 0.0666. The standard InChI is InChI=1S/C19H23N3O.C10H16N2O2.C10H15NO/c1-5-20-16-12-19-17(10-13(16)4)21-15-9-8-14(11-18(15)23-19)22(6-2)7-3;1-3-12(4-2)8-5-6-10(14-11)9(13)7-8;1-3-11(4-2)9-6-5-7-10(12)8-9/h8-12H,5-7H2,1-4H3;5-7,13H,3-4,11H2,1-2H3;5-8,12H,3-4H2,1-2H3/p+1. The Labute approximate surface area is 291 Å². The zero-order valence-corrected chi connectivity index (χ0v) is 30.5. The molecule has 0 unspecified atom stereocenters. The normalized spacial score (nSPS) is 10.5. The van der Waals surface area contributed by atoms with Crippen LogP contribution in [0, 0.1) is 6.92 Å². The summed E-state index contributed by atoms with van der Waals surface area (Å²) in [4.78, 5) is 13.5. The van der Waals surface area contributed by atoms with E-state index in [9.17, 15) is 10.2 Å². The Kier molecular flexibility index (Phi) is 15.0. The van der Waals surface area contributed by atoms with Gasteiger partial charge in [-0.15, -0.1) is 0 Å². The molecule has 1 heterocycles. The van der Waals surface area contributed by atoms with Crippen LogP contribution in [0.25, 0.3) is 22.6 Å². The first-order valence-corrected chi connectivity index (χ1v) is 17.3. The summed E-state index contributed by atoms with van der Waals surface area (Å²) in [7, 11) is 0. The van der Waals surface area contributed by atoms with Crippen LogP contribution in [0.2, 0.25) is 0 Å². The van der Waals surface area contributed by atoms with E-state index in [-0.39, 0.29) is 5.75 Å². The van der Waals surface area contributed by atoms with Gasteiger partial charge >= 0.3 is 0 Å². The number of nitrogens with zero attached hydrogens (tertiary/aromatic N) is 4. The number of aromatic nitrogens is 1. The van der Waals surface area contributed by atoms with Crippen LogP contribution in [0.3, 0.4) is 0 Å². The molecule has 5 rings (SSSR count). The number of rotatable bonds is 11. The van der Waals surface area contributed by atoms with Crippen LogP contribution in [0.4, 0.5) is 17.1 Å². The van der Waals surface area contributed by atoms with Crippen LogP contribution < -0.4 is 35.8 Å². The predicted octanol–water partition coefficient (Wildman–Crippen LogP) is 7.21. The van der Waals surface area contributed by atoms with Crippen molar-refractivity contribution < 1.29 is 19.5 Å². The van der Waals surface area contributed by atoms with Crippen molar-refractivity contribution in [3.8, 4) is 28.7 Å². The van der Waals surface area contributed by atoms with E-state index in [0.29, 0.717) is 11.5 Å². The minimum atomic E-state index is 0.0666. The number of phenols is 2. The number of benzene rings is 4. The summed E-state index contributed by atoms with van der Waals surface area (Å²) in [5, 5.41) is 23.3. The number of aryl methyl sites for hydroxylation is 1. The maximum atomic E-state index is 9.50. The monoisotopic (exact) mass is 671 g/mol. The summed E-state index contributed by atoms with van der Waals surface area (Å²) in [5.41, 5.74) is 6.94. The van der Waals surface area contributed by atoms with E-state index in [1.165, 1.54) is 10.9 Å². The van der Waals surface area contributed by atoms with Crippen molar-refractivity contribution in [1.82, 2.24) is 9.56 Å². The van der Waals surface area contributed by atoms with Crippen molar-refractivity contribution in [2.24, 2.45) is 5.90 Å². The Morgan fingerprint density at radius 1 is 0.796 bits per heavy atom. The number of nitrogens with two attached hydrogens (primary N) is 1. The second-order valence-electron chi connectivity index (χ2n) is 11.3. The number of aromatic hydroxyl groups is 2. The van der Waals surface area contributed by atoms with Crippen LogP contribution in [-0.4, -0.2) is 61.0 Å². The van der Waals surface area contributed by atoms with Gasteiger partial charge in [-0.3, -0.25) is 0 Å². The Balaban J connectivity index is 0.000000215. The second kappa shape index (κ2) is 19.1. The fourth-order valence-corrected chi connectivity index (χ4v) is 5.60. The summed E-state index contributed by atoms with van der Waals surface area (Å²) in [6.07, 6.45) is 0. The maximum Gasteiger partial charge on any atom is 0.203 e. The molecule has 10 heteroatoms. The third-order valence-electron chi connectivity index (χ3n) is 8.36. The summed E-state index contributed by atoms with van der Waals surface area (Å²) in [5.74, 6) is 6.49. The fraction of sp³-hybridized carbons (Fsp3) is 0.385. The fourth-order valence-electron chi connectivity index (χ4n) is 5.60. The van der Waals surface area contributed by atoms with Gasteiger partial charge in [-0.2, -0.15) is 5.90 Å². The zero-order valence-electron chi connectivity index (χ0n) is 30.5. The SMILES string of the molecule is CCN(CC)c1ccc(ON)c(O)c1.CCN(CC)c1cccc(O)c1.CCNc1cc2oc3cc(=[N+](CC)CC)ccc-3nc2cc1C. The van der Waals surface area contributed by atoms with Gasteiger partial charge in [0.1, 0.15) is 30.0 Å². The van der Waals surface area contributed by atoms with E-state index in [1.54, 1.807) is 24.3 Å². The average molecular weight is 672 g/mol. The molecule has 0 spiro atoms. The van der Waals surface area contributed by atoms with Gasteiger partial charge in [0.05, 0.1) is 6.07 Å². The molecule has 2 aliphatic rings. The van der Waals surface area contributed by atoms with Crippen molar-refractivity contribution in [2.45, 2.75) is 55.4 Å². The summed E-state index contributed by atoms with van der Waals surface area (Å²) < 4.78 is 8.44. The molecule has 1 aliphatic heterocycles. The topological polar surface area (TPSA) is 123 Å². The highest BCUT2D eigenvalue weighted by atomic mass is 16.6. The Bertz CT molecular complexity index is 1790. The first-order chi connectivity index (χ1) is 23.7. The Morgan fingerprint density at radius 2 is 1.45 bits per heavy atom. The van der Waals surface area contributed by atoms with Gasteiger partial charge in [0.25, 0.3) is 0 Å². The lowest BCUT2D eigenvalue weighted by atomic mass is 10.1. The van der Waals surface area contributed by atoms with E-state index >= 15 is 0 Å². The van der Waals surface area contributed by atoms with Crippen LogP contribution in [-0.2, 0) is 0 Å². The number of hydrogen-bond acceptors (Lipinski definition) is 9. The van der Waals surface area contributed by atoms with Gasteiger partial charge in [0.2, 0.25) is 5.36 Å². The molecule has 0 saturated carbocycles. The molecule has 0 aromatic heterocycles. The number of fused-ring (bicyclic) bond motifs is 2. The van der Waals surface area contributed by atoms with E-state index in [4.69, 9.17) is 15.3 Å². The number of phenolic OH excluding ortho intramolecular Hbond substituents is 2. The van der Waals surface area contributed by atoms with Crippen LogP contribution in [0.1, 0.15) is 54.0 Å². The number of anilines is 3. The van der Waals surface area contributed by atoms with Gasteiger partial charge in [0, 0.05) is 74.1 Å². The summed E-state index contributed by atoms with van der Waals surface area (Å²) in [6.45, 7) is 23.4. The van der Waals surface area contributed by atoms with Crippen molar-refractivity contribution in [1.29, 1.82) is 0 Å². The molecule has 3 aromatic rings. The van der Waals surface area contributed by atoms with Gasteiger partial charge in [-0.1, -0.05) is 6.07 Å². The molecular weight excluding hydrogens is 616 g/mol. The number of hydrogen-bond donors (Lipinski definition) is 4. The molecule has 0 fully saturated rings. The van der Waals surface area contributed by atoms with Crippen molar-refractivity contribution in [3.05, 3.63) is 83.7 Å². The quantitative estimate of drug-likeness (QED) is 0.0655. The Hall–Kier alpha value is -4.96. The van der Waals surface area contributed by atoms with Gasteiger partial charge in [-0.05, 0) is 97.4 Å². The predicted molar refractivity (Wildman–Crippen MR) is 204 cm³/mol. The van der Waals surface area contributed by atoms with Gasteiger partial charge in [-0.25, -0.2) is 9.56 Å². The molecule has 0 radical (unpaired) electrons. The molecule has 10 nitrogen and oxygen atoms in total. The smallest absolute Gasteiger partial charge is 0.203 e. The van der Waals surface area contributed by atoms with Crippen molar-refractivity contribution in [2.75, 3.05) is 60.9 Å². The van der Waals surface area contributed by atoms with E-state index in [1.807, 2.05) is 30.3 Å². The van der Waals surface area contributed by atoms with Crippen LogP contribution in [0.5, 0.6) is 17.2 Å². The zero-order chi connectivity index (χ0) is 35.9. The van der Waals surface area contributed by atoms with Gasteiger partial charge < -0.3 is 34.6 Å². The molecule has 49 heavy (non-hydrogen) atoms. The van der Waals surface area contributed by atoms with Crippen molar-refractivity contribution >= 4 is 28.2 Å². The molecule has 0 bridgehead atoms. The summed E-state index contributed by atoms with van der Waals surface area (Å²) in [6, 6.07) is 22.9. The largest absolute Gasteiger partial charge is 0.508 e. The average Bonchev–Trinajstić information content (AvgIpc) is 3.10. The van der Waals surface area contributed by atoms with Gasteiger partial charge in [0.15, 0.2) is 22.8 Å². The lowest BCUT2D eigenvalue weighted by molar-refractivity contribution is 0.313. The third kappa shape index (κ3) is 10.3. The van der Waals surface area contributed by atoms with E-state index in [0.717, 1.165) is 85.4 Å².